The van der Waals surface area contributed by atoms with Crippen molar-refractivity contribution in [2.75, 3.05) is 19.8 Å². The van der Waals surface area contributed by atoms with Gasteiger partial charge in [-0.05, 0) is 25.0 Å². The minimum Gasteiger partial charge on any atom is -0.478 e. The van der Waals surface area contributed by atoms with Gasteiger partial charge in [-0.15, -0.1) is 0 Å². The van der Waals surface area contributed by atoms with E-state index in [0.29, 0.717) is 12.8 Å². The smallest absolute Gasteiger partial charge is 0.336 e. The zero-order valence-corrected chi connectivity index (χ0v) is 11.5. The molecule has 0 atom stereocenters. The fourth-order valence-electron chi connectivity index (χ4n) is 1.48. The Morgan fingerprint density at radius 3 is 1.62 bits per heavy atom. The third kappa shape index (κ3) is 7.40. The van der Waals surface area contributed by atoms with Crippen LogP contribution in [0.3, 0.4) is 0 Å². The van der Waals surface area contributed by atoms with Crippen LogP contribution in [-0.4, -0.2) is 57.3 Å². The molecule has 0 spiro atoms. The second kappa shape index (κ2) is 10.8. The minimum atomic E-state index is -1.23. The molecule has 0 heterocycles. The van der Waals surface area contributed by atoms with Crippen molar-refractivity contribution in [3.63, 3.8) is 0 Å². The Hall–Kier alpha value is -1.96. The summed E-state index contributed by atoms with van der Waals surface area (Å²) in [4.78, 5) is 20.9. The number of aliphatic hydroxyl groups excluding tert-OH is 3. The van der Waals surface area contributed by atoms with Crippen molar-refractivity contribution in [1.82, 2.24) is 0 Å². The maximum Gasteiger partial charge on any atom is 0.336 e. The van der Waals surface area contributed by atoms with Gasteiger partial charge in [0.2, 0.25) is 0 Å². The zero-order valence-electron chi connectivity index (χ0n) is 11.5. The molecule has 7 nitrogen and oxygen atoms in total. The van der Waals surface area contributed by atoms with Crippen LogP contribution in [0.5, 0.6) is 0 Å². The molecule has 0 radical (unpaired) electrons. The summed E-state index contributed by atoms with van der Waals surface area (Å²) in [6, 6.07) is 5.48. The molecule has 5 N–H and O–H groups in total. The maximum atomic E-state index is 10.5. The molecule has 118 valence electrons. The number of hydrogen-bond donors (Lipinski definition) is 5. The van der Waals surface area contributed by atoms with E-state index in [1.54, 1.807) is 0 Å². The predicted molar refractivity (Wildman–Crippen MR) is 74.3 cm³/mol. The van der Waals surface area contributed by atoms with E-state index in [4.69, 9.17) is 25.5 Å². The van der Waals surface area contributed by atoms with Gasteiger partial charge >= 0.3 is 11.9 Å². The number of aromatic carboxylic acids is 2. The highest BCUT2D eigenvalue weighted by atomic mass is 16.4. The van der Waals surface area contributed by atoms with Crippen LogP contribution in [0, 0.1) is 5.92 Å². The van der Waals surface area contributed by atoms with E-state index in [9.17, 15) is 9.59 Å². The highest BCUT2D eigenvalue weighted by Crippen LogP contribution is 2.07. The molecule has 1 aromatic carbocycles. The quantitative estimate of drug-likeness (QED) is 0.493. The first kappa shape index (κ1) is 19.0. The van der Waals surface area contributed by atoms with Crippen LogP contribution in [0.25, 0.3) is 0 Å². The van der Waals surface area contributed by atoms with Crippen molar-refractivity contribution in [3.05, 3.63) is 35.4 Å². The number of rotatable bonds is 7. The first-order chi connectivity index (χ1) is 9.97. The summed E-state index contributed by atoms with van der Waals surface area (Å²) < 4.78 is 0. The topological polar surface area (TPSA) is 135 Å². The van der Waals surface area contributed by atoms with E-state index in [-0.39, 0.29) is 36.9 Å². The minimum absolute atomic E-state index is 0.0104. The van der Waals surface area contributed by atoms with Gasteiger partial charge in [-0.1, -0.05) is 12.1 Å². The van der Waals surface area contributed by atoms with E-state index in [1.165, 1.54) is 24.3 Å². The fourth-order valence-corrected chi connectivity index (χ4v) is 1.48. The van der Waals surface area contributed by atoms with Crippen molar-refractivity contribution in [1.29, 1.82) is 0 Å². The molecule has 0 bridgehead atoms. The van der Waals surface area contributed by atoms with E-state index < -0.39 is 11.9 Å². The molecular weight excluding hydrogens is 280 g/mol. The van der Waals surface area contributed by atoms with Crippen LogP contribution in [0.15, 0.2) is 24.3 Å². The Kier molecular flexibility index (Phi) is 9.78. The summed E-state index contributed by atoms with van der Waals surface area (Å²) in [5.41, 5.74) is -0.380. The van der Waals surface area contributed by atoms with Crippen molar-refractivity contribution >= 4 is 11.9 Å². The highest BCUT2D eigenvalue weighted by Gasteiger charge is 2.13. The van der Waals surface area contributed by atoms with Gasteiger partial charge in [0, 0.05) is 25.7 Å². The van der Waals surface area contributed by atoms with Crippen LogP contribution >= 0.6 is 0 Å². The Labute approximate surface area is 122 Å². The number of benzene rings is 1. The van der Waals surface area contributed by atoms with Gasteiger partial charge < -0.3 is 25.5 Å². The van der Waals surface area contributed by atoms with Gasteiger partial charge in [0.05, 0.1) is 11.1 Å². The van der Waals surface area contributed by atoms with E-state index in [0.717, 1.165) is 0 Å². The normalized spacial score (nSPS) is 9.90. The van der Waals surface area contributed by atoms with Gasteiger partial charge in [-0.25, -0.2) is 9.59 Å². The molecule has 0 amide bonds. The summed E-state index contributed by atoms with van der Waals surface area (Å²) in [7, 11) is 0. The van der Waals surface area contributed by atoms with Gasteiger partial charge in [-0.3, -0.25) is 0 Å². The van der Waals surface area contributed by atoms with Crippen LogP contribution < -0.4 is 0 Å². The fraction of sp³-hybridized carbons (Fsp3) is 0.429. The van der Waals surface area contributed by atoms with E-state index >= 15 is 0 Å². The van der Waals surface area contributed by atoms with Crippen molar-refractivity contribution < 1.29 is 35.1 Å². The number of hydrogen-bond acceptors (Lipinski definition) is 5. The molecule has 21 heavy (non-hydrogen) atoms. The summed E-state index contributed by atoms with van der Waals surface area (Å²) >= 11 is 0. The second-order valence-corrected chi connectivity index (χ2v) is 4.25. The lowest BCUT2D eigenvalue weighted by Gasteiger charge is -2.07. The van der Waals surface area contributed by atoms with E-state index in [1.807, 2.05) is 0 Å². The standard InChI is InChI=1S/C8H6O4.C6H14O3/c9-7(10)5-3-1-2-4-6(5)8(11)12;7-3-1-2-6(4-8)5-9/h1-4H,(H,9,10)(H,11,12);6-9H,1-5H2. The lowest BCUT2D eigenvalue weighted by atomic mass is 10.1. The second-order valence-electron chi connectivity index (χ2n) is 4.25. The Balaban J connectivity index is 0.000000400. The van der Waals surface area contributed by atoms with Crippen molar-refractivity contribution in [2.24, 2.45) is 5.92 Å². The summed E-state index contributed by atoms with van der Waals surface area (Å²) in [6.07, 6.45) is 1.36. The predicted octanol–water partition coefficient (Wildman–Crippen LogP) is 0.443. The van der Waals surface area contributed by atoms with Gasteiger partial charge in [0.15, 0.2) is 0 Å². The SMILES string of the molecule is O=C(O)c1ccccc1C(=O)O.OCCCC(CO)CO. The lowest BCUT2D eigenvalue weighted by Crippen LogP contribution is -2.11. The lowest BCUT2D eigenvalue weighted by molar-refractivity contribution is 0.0651. The largest absolute Gasteiger partial charge is 0.478 e. The molecule has 1 rings (SSSR count). The molecule has 0 saturated heterocycles. The van der Waals surface area contributed by atoms with Crippen molar-refractivity contribution in [3.8, 4) is 0 Å². The number of aliphatic hydroxyl groups is 3. The highest BCUT2D eigenvalue weighted by molar-refractivity contribution is 6.01. The molecule has 1 aromatic rings. The Morgan fingerprint density at radius 2 is 1.33 bits per heavy atom. The van der Waals surface area contributed by atoms with Crippen LogP contribution in [0.4, 0.5) is 0 Å². The molecule has 0 aromatic heterocycles. The Bertz CT molecular complexity index is 408. The zero-order chi connectivity index (χ0) is 16.3. The average molecular weight is 300 g/mol. The Morgan fingerprint density at radius 1 is 0.905 bits per heavy atom. The average Bonchev–Trinajstić information content (AvgIpc) is 2.49. The number of carboxylic acids is 2. The monoisotopic (exact) mass is 300 g/mol. The maximum absolute atomic E-state index is 10.5. The molecule has 0 unspecified atom stereocenters. The first-order valence-corrected chi connectivity index (χ1v) is 6.36. The number of carbonyl (C=O) groups is 2. The molecule has 0 fully saturated rings. The third-order valence-corrected chi connectivity index (χ3v) is 2.67. The molecule has 0 aliphatic heterocycles. The first-order valence-electron chi connectivity index (χ1n) is 6.36. The van der Waals surface area contributed by atoms with Crippen LogP contribution in [0.2, 0.25) is 0 Å². The molecule has 0 aliphatic rings. The van der Waals surface area contributed by atoms with Crippen LogP contribution in [0.1, 0.15) is 33.6 Å². The van der Waals surface area contributed by atoms with Gasteiger partial charge in [0.25, 0.3) is 0 Å². The van der Waals surface area contributed by atoms with Gasteiger partial charge in [-0.2, -0.15) is 0 Å². The third-order valence-electron chi connectivity index (χ3n) is 2.67. The molecule has 7 heteroatoms. The number of carboxylic acid groups (broad SMARTS) is 2. The molecular formula is C14H20O7. The summed E-state index contributed by atoms with van der Waals surface area (Å²) in [5.74, 6) is -2.50. The van der Waals surface area contributed by atoms with Crippen LogP contribution in [-0.2, 0) is 0 Å². The molecule has 0 saturated carbocycles. The summed E-state index contributed by atoms with van der Waals surface area (Å²) in [6.45, 7) is 0.156. The molecule has 0 aliphatic carbocycles. The van der Waals surface area contributed by atoms with Gasteiger partial charge in [0.1, 0.15) is 0 Å². The van der Waals surface area contributed by atoms with Crippen molar-refractivity contribution in [2.45, 2.75) is 12.8 Å². The summed E-state index contributed by atoms with van der Waals surface area (Å²) in [5, 5.41) is 42.5. The van der Waals surface area contributed by atoms with E-state index in [2.05, 4.69) is 0 Å².